The Kier molecular flexibility index (Phi) is 4.19. The Morgan fingerprint density at radius 1 is 1.15 bits per heavy atom. The van der Waals surface area contributed by atoms with Crippen molar-refractivity contribution >= 4 is 16.6 Å². The Bertz CT molecular complexity index is 610. The SMILES string of the molecule is CCC(CC)(C(=O)c1cncc2ccccc12)N(C)C. The summed E-state index contributed by atoms with van der Waals surface area (Å²) in [5.41, 5.74) is 0.270. The van der Waals surface area contributed by atoms with Gasteiger partial charge in [0, 0.05) is 23.3 Å². The fourth-order valence-corrected chi connectivity index (χ4v) is 2.95. The molecule has 0 saturated carbocycles. The highest BCUT2D eigenvalue weighted by atomic mass is 16.1. The third-order valence-corrected chi connectivity index (χ3v) is 4.36. The Labute approximate surface area is 120 Å². The molecule has 0 atom stereocenters. The van der Waals surface area contributed by atoms with Crippen LogP contribution in [0, 0.1) is 0 Å². The molecule has 0 aliphatic rings. The summed E-state index contributed by atoms with van der Waals surface area (Å²) in [5, 5.41) is 2.00. The number of pyridine rings is 1. The predicted molar refractivity (Wildman–Crippen MR) is 83.1 cm³/mol. The van der Waals surface area contributed by atoms with Crippen molar-refractivity contribution < 1.29 is 4.79 Å². The largest absolute Gasteiger partial charge is 0.297 e. The summed E-state index contributed by atoms with van der Waals surface area (Å²) < 4.78 is 0. The summed E-state index contributed by atoms with van der Waals surface area (Å²) in [5.74, 6) is 0.164. The first-order chi connectivity index (χ1) is 9.56. The lowest BCUT2D eigenvalue weighted by Gasteiger charge is -2.37. The Hall–Kier alpha value is -1.74. The van der Waals surface area contributed by atoms with Gasteiger partial charge < -0.3 is 0 Å². The molecule has 0 amide bonds. The van der Waals surface area contributed by atoms with Gasteiger partial charge in [0.2, 0.25) is 0 Å². The van der Waals surface area contributed by atoms with Gasteiger partial charge in [0.05, 0.1) is 5.54 Å². The van der Waals surface area contributed by atoms with Crippen LogP contribution in [0.2, 0.25) is 0 Å². The molecule has 0 fully saturated rings. The van der Waals surface area contributed by atoms with Crippen LogP contribution in [0.1, 0.15) is 37.0 Å². The molecule has 0 radical (unpaired) electrons. The summed E-state index contributed by atoms with van der Waals surface area (Å²) in [6.07, 6.45) is 5.09. The number of rotatable bonds is 5. The number of carbonyl (C=O) groups excluding carboxylic acids is 1. The number of likely N-dealkylation sites (N-methyl/N-ethyl adjacent to an activating group) is 1. The van der Waals surface area contributed by atoms with E-state index in [2.05, 4.69) is 18.8 Å². The topological polar surface area (TPSA) is 33.2 Å². The zero-order valence-corrected chi connectivity index (χ0v) is 12.7. The number of fused-ring (bicyclic) bond motifs is 1. The van der Waals surface area contributed by atoms with E-state index in [1.165, 1.54) is 0 Å². The molecule has 2 rings (SSSR count). The number of nitrogens with zero attached hydrogens (tertiary/aromatic N) is 2. The van der Waals surface area contributed by atoms with Gasteiger partial charge in [-0.3, -0.25) is 14.7 Å². The molecule has 3 heteroatoms. The fraction of sp³-hybridized carbons (Fsp3) is 0.412. The van der Waals surface area contributed by atoms with Gasteiger partial charge in [-0.2, -0.15) is 0 Å². The second kappa shape index (κ2) is 5.71. The molecule has 0 spiro atoms. The van der Waals surface area contributed by atoms with Crippen molar-refractivity contribution in [2.24, 2.45) is 0 Å². The fourth-order valence-electron chi connectivity index (χ4n) is 2.95. The molecule has 2 aromatic rings. The molecule has 20 heavy (non-hydrogen) atoms. The molecule has 1 heterocycles. The molecule has 1 aromatic heterocycles. The predicted octanol–water partition coefficient (Wildman–Crippen LogP) is 3.54. The van der Waals surface area contributed by atoms with Gasteiger partial charge in [-0.15, -0.1) is 0 Å². The first-order valence-corrected chi connectivity index (χ1v) is 7.11. The summed E-state index contributed by atoms with van der Waals surface area (Å²) in [6.45, 7) is 4.14. The Morgan fingerprint density at radius 3 is 2.40 bits per heavy atom. The highest BCUT2D eigenvalue weighted by Crippen LogP contribution is 2.29. The monoisotopic (exact) mass is 270 g/mol. The number of Topliss-reactive ketones (excluding diaryl/α,β-unsaturated/α-hetero) is 1. The van der Waals surface area contributed by atoms with E-state index >= 15 is 0 Å². The molecule has 106 valence electrons. The number of benzene rings is 1. The molecule has 1 aromatic carbocycles. The summed E-state index contributed by atoms with van der Waals surface area (Å²) in [7, 11) is 3.95. The summed E-state index contributed by atoms with van der Waals surface area (Å²) in [6, 6.07) is 7.93. The maximum atomic E-state index is 13.1. The van der Waals surface area contributed by atoms with Crippen molar-refractivity contribution in [3.63, 3.8) is 0 Å². The number of hydrogen-bond acceptors (Lipinski definition) is 3. The van der Waals surface area contributed by atoms with E-state index < -0.39 is 5.54 Å². The molecule has 0 aliphatic heterocycles. The van der Waals surface area contributed by atoms with Crippen molar-refractivity contribution in [1.29, 1.82) is 0 Å². The average molecular weight is 270 g/mol. The van der Waals surface area contributed by atoms with Crippen LogP contribution in [0.5, 0.6) is 0 Å². The third-order valence-electron chi connectivity index (χ3n) is 4.36. The zero-order valence-electron chi connectivity index (χ0n) is 12.7. The first kappa shape index (κ1) is 14.7. The smallest absolute Gasteiger partial charge is 0.185 e. The second-order valence-electron chi connectivity index (χ2n) is 5.37. The number of hydrogen-bond donors (Lipinski definition) is 0. The lowest BCUT2D eigenvalue weighted by Crippen LogP contribution is -2.50. The van der Waals surface area contributed by atoms with Crippen LogP contribution in [-0.4, -0.2) is 35.3 Å². The lowest BCUT2D eigenvalue weighted by molar-refractivity contribution is 0.0658. The highest BCUT2D eigenvalue weighted by Gasteiger charge is 2.38. The van der Waals surface area contributed by atoms with E-state index in [0.29, 0.717) is 0 Å². The first-order valence-electron chi connectivity index (χ1n) is 7.11. The summed E-state index contributed by atoms with van der Waals surface area (Å²) >= 11 is 0. The molecule has 3 nitrogen and oxygen atoms in total. The van der Waals surface area contributed by atoms with E-state index in [4.69, 9.17) is 0 Å². The van der Waals surface area contributed by atoms with Crippen molar-refractivity contribution in [3.8, 4) is 0 Å². The van der Waals surface area contributed by atoms with Crippen LogP contribution < -0.4 is 0 Å². The van der Waals surface area contributed by atoms with E-state index in [1.807, 2.05) is 43.3 Å². The van der Waals surface area contributed by atoms with Gasteiger partial charge >= 0.3 is 0 Å². The van der Waals surface area contributed by atoms with Crippen molar-refractivity contribution in [2.45, 2.75) is 32.2 Å². The molecule has 0 N–H and O–H groups in total. The van der Waals surface area contributed by atoms with Gasteiger partial charge in [0.15, 0.2) is 5.78 Å². The van der Waals surface area contributed by atoms with Crippen LogP contribution in [0.4, 0.5) is 0 Å². The van der Waals surface area contributed by atoms with Gasteiger partial charge in [0.1, 0.15) is 0 Å². The van der Waals surface area contributed by atoms with E-state index in [1.54, 1.807) is 12.4 Å². The second-order valence-corrected chi connectivity index (χ2v) is 5.37. The Morgan fingerprint density at radius 2 is 1.80 bits per heavy atom. The van der Waals surface area contributed by atoms with E-state index in [-0.39, 0.29) is 5.78 Å². The Balaban J connectivity index is 2.61. The van der Waals surface area contributed by atoms with E-state index in [0.717, 1.165) is 29.2 Å². The maximum Gasteiger partial charge on any atom is 0.185 e. The zero-order chi connectivity index (χ0) is 14.8. The standard InChI is InChI=1S/C17H22N2O/c1-5-17(6-2,19(3)4)16(20)15-12-18-11-13-9-7-8-10-14(13)15/h7-12H,5-6H2,1-4H3. The molecule has 0 bridgehead atoms. The summed E-state index contributed by atoms with van der Waals surface area (Å²) in [4.78, 5) is 19.4. The van der Waals surface area contributed by atoms with Crippen molar-refractivity contribution in [2.75, 3.05) is 14.1 Å². The number of ketones is 1. The van der Waals surface area contributed by atoms with Crippen LogP contribution in [0.25, 0.3) is 10.8 Å². The van der Waals surface area contributed by atoms with Crippen molar-refractivity contribution in [3.05, 3.63) is 42.2 Å². The van der Waals surface area contributed by atoms with E-state index in [9.17, 15) is 4.79 Å². The molecular weight excluding hydrogens is 248 g/mol. The van der Waals surface area contributed by atoms with Crippen LogP contribution in [0.15, 0.2) is 36.7 Å². The molecule has 0 saturated heterocycles. The van der Waals surface area contributed by atoms with Gasteiger partial charge in [0.25, 0.3) is 0 Å². The molecule has 0 aliphatic carbocycles. The normalized spacial score (nSPS) is 12.1. The molecule has 0 unspecified atom stereocenters. The minimum Gasteiger partial charge on any atom is -0.297 e. The van der Waals surface area contributed by atoms with Gasteiger partial charge in [-0.25, -0.2) is 0 Å². The minimum absolute atomic E-state index is 0.164. The maximum absolute atomic E-state index is 13.1. The minimum atomic E-state index is -0.453. The third kappa shape index (κ3) is 2.22. The van der Waals surface area contributed by atoms with Crippen LogP contribution in [0.3, 0.4) is 0 Å². The van der Waals surface area contributed by atoms with Crippen LogP contribution >= 0.6 is 0 Å². The molecular formula is C17H22N2O. The number of carbonyl (C=O) groups is 1. The highest BCUT2D eigenvalue weighted by molar-refractivity contribution is 6.12. The average Bonchev–Trinajstić information content (AvgIpc) is 2.48. The van der Waals surface area contributed by atoms with Gasteiger partial charge in [-0.1, -0.05) is 38.1 Å². The van der Waals surface area contributed by atoms with Crippen LogP contribution in [-0.2, 0) is 0 Å². The quantitative estimate of drug-likeness (QED) is 0.779. The van der Waals surface area contributed by atoms with Crippen molar-refractivity contribution in [1.82, 2.24) is 9.88 Å². The van der Waals surface area contributed by atoms with Gasteiger partial charge in [-0.05, 0) is 32.3 Å². The number of aromatic nitrogens is 1. The lowest BCUT2D eigenvalue weighted by atomic mass is 9.82.